The van der Waals surface area contributed by atoms with Crippen LogP contribution in [0.25, 0.3) is 0 Å². The van der Waals surface area contributed by atoms with Crippen molar-refractivity contribution in [3.8, 4) is 0 Å². The first-order chi connectivity index (χ1) is 5.86. The van der Waals surface area contributed by atoms with E-state index < -0.39 is 6.29 Å². The fourth-order valence-corrected chi connectivity index (χ4v) is 0.224. The van der Waals surface area contributed by atoms with Crippen LogP contribution in [0, 0.1) is 5.41 Å². The Balaban J connectivity index is 0. The summed E-state index contributed by atoms with van der Waals surface area (Å²) in [5.41, 5.74) is -0.389. The van der Waals surface area contributed by atoms with Gasteiger partial charge in [0.15, 0.2) is 6.29 Å². The Kier molecular flexibility index (Phi) is 9.94. The fourth-order valence-electron chi connectivity index (χ4n) is 0.224. The van der Waals surface area contributed by atoms with Gasteiger partial charge in [-0.25, -0.2) is 0 Å². The molecular weight excluding hydrogens is 172 g/mol. The molecule has 0 heterocycles. The molecule has 0 aliphatic rings. The lowest BCUT2D eigenvalue weighted by atomic mass is 9.96. The van der Waals surface area contributed by atoms with Crippen molar-refractivity contribution in [3.63, 3.8) is 0 Å². The van der Waals surface area contributed by atoms with Crippen molar-refractivity contribution >= 4 is 0 Å². The number of aliphatic hydroxyl groups is 4. The Morgan fingerprint density at radius 1 is 0.923 bits per heavy atom. The topological polar surface area (TPSA) is 80.9 Å². The normalized spacial score (nSPS) is 11.1. The van der Waals surface area contributed by atoms with E-state index >= 15 is 0 Å². The van der Waals surface area contributed by atoms with E-state index in [1.807, 2.05) is 0 Å². The van der Waals surface area contributed by atoms with Crippen LogP contribution < -0.4 is 0 Å². The molecule has 0 spiro atoms. The summed E-state index contributed by atoms with van der Waals surface area (Å²) in [4.78, 5) is 0. The van der Waals surface area contributed by atoms with Crippen molar-refractivity contribution in [1.82, 2.24) is 0 Å². The van der Waals surface area contributed by atoms with Crippen molar-refractivity contribution in [2.24, 2.45) is 5.41 Å². The molecular formula is C9H22O4. The zero-order chi connectivity index (χ0) is 10.9. The first kappa shape index (κ1) is 15.3. The van der Waals surface area contributed by atoms with Crippen LogP contribution in [-0.2, 0) is 0 Å². The predicted molar refractivity (Wildman–Crippen MR) is 51.1 cm³/mol. The zero-order valence-corrected chi connectivity index (χ0v) is 8.69. The highest BCUT2D eigenvalue weighted by atomic mass is 16.5. The van der Waals surface area contributed by atoms with Crippen LogP contribution in [0.4, 0.5) is 0 Å². The maximum Gasteiger partial charge on any atom is 0.156 e. The van der Waals surface area contributed by atoms with Crippen molar-refractivity contribution in [3.05, 3.63) is 0 Å². The summed E-state index contributed by atoms with van der Waals surface area (Å²) in [6.45, 7) is 5.67. The third kappa shape index (κ3) is 14.7. The van der Waals surface area contributed by atoms with Crippen LogP contribution in [-0.4, -0.2) is 39.9 Å². The van der Waals surface area contributed by atoms with Gasteiger partial charge in [-0.3, -0.25) is 0 Å². The Morgan fingerprint density at radius 2 is 1.15 bits per heavy atom. The molecule has 4 nitrogen and oxygen atoms in total. The summed E-state index contributed by atoms with van der Waals surface area (Å²) in [6.07, 6.45) is 0.236. The first-order valence-electron chi connectivity index (χ1n) is 4.44. The van der Waals surface area contributed by atoms with Crippen LogP contribution in [0.2, 0.25) is 0 Å². The Morgan fingerprint density at radius 3 is 1.23 bits per heavy atom. The van der Waals surface area contributed by atoms with E-state index in [2.05, 4.69) is 0 Å². The summed E-state index contributed by atoms with van der Waals surface area (Å²) >= 11 is 0. The van der Waals surface area contributed by atoms with Gasteiger partial charge < -0.3 is 20.4 Å². The smallest absolute Gasteiger partial charge is 0.156 e. The molecule has 0 radical (unpaired) electrons. The lowest BCUT2D eigenvalue weighted by Gasteiger charge is -2.19. The highest BCUT2D eigenvalue weighted by Gasteiger charge is 2.18. The van der Waals surface area contributed by atoms with Gasteiger partial charge in [-0.15, -0.1) is 0 Å². The van der Waals surface area contributed by atoms with E-state index in [0.717, 1.165) is 12.8 Å². The van der Waals surface area contributed by atoms with Gasteiger partial charge in [0.25, 0.3) is 0 Å². The van der Waals surface area contributed by atoms with Crippen molar-refractivity contribution in [2.75, 3.05) is 13.2 Å². The fraction of sp³-hybridized carbons (Fsp3) is 1.00. The number of rotatable bonds is 3. The first-order valence-corrected chi connectivity index (χ1v) is 4.44. The molecule has 0 aromatic heterocycles. The molecule has 4 N–H and O–H groups in total. The standard InChI is InChI=1S/C5H12O2.C4H10O2/c1-5(2,3)4(6)7;5-3-1-2-4-6/h4,6-7H,1-3H3;5-6H,1-4H2. The lowest BCUT2D eigenvalue weighted by Crippen LogP contribution is -2.24. The highest BCUT2D eigenvalue weighted by molar-refractivity contribution is 4.61. The zero-order valence-electron chi connectivity index (χ0n) is 8.69. The van der Waals surface area contributed by atoms with E-state index in [4.69, 9.17) is 20.4 Å². The van der Waals surface area contributed by atoms with E-state index in [-0.39, 0.29) is 18.6 Å². The molecule has 0 aliphatic heterocycles. The third-order valence-electron chi connectivity index (χ3n) is 1.34. The molecule has 0 atom stereocenters. The van der Waals surface area contributed by atoms with Gasteiger partial charge >= 0.3 is 0 Å². The van der Waals surface area contributed by atoms with Gasteiger partial charge in [-0.1, -0.05) is 20.8 Å². The van der Waals surface area contributed by atoms with Crippen LogP contribution in [0.15, 0.2) is 0 Å². The molecule has 0 rings (SSSR count). The number of aliphatic hydroxyl groups excluding tert-OH is 3. The molecule has 0 bridgehead atoms. The Bertz CT molecular complexity index is 92.3. The molecule has 82 valence electrons. The Hall–Kier alpha value is -0.160. The van der Waals surface area contributed by atoms with Crippen LogP contribution in [0.3, 0.4) is 0 Å². The maximum atomic E-state index is 8.44. The molecule has 0 fully saturated rings. The van der Waals surface area contributed by atoms with Crippen molar-refractivity contribution in [2.45, 2.75) is 39.9 Å². The largest absolute Gasteiger partial charge is 0.396 e. The average molecular weight is 194 g/mol. The van der Waals surface area contributed by atoms with Crippen LogP contribution in [0.5, 0.6) is 0 Å². The van der Waals surface area contributed by atoms with E-state index in [0.29, 0.717) is 0 Å². The van der Waals surface area contributed by atoms with Crippen molar-refractivity contribution in [1.29, 1.82) is 0 Å². The second-order valence-electron chi connectivity index (χ2n) is 3.89. The second-order valence-corrected chi connectivity index (χ2v) is 3.89. The maximum absolute atomic E-state index is 8.44. The molecule has 0 saturated carbocycles. The Labute approximate surface area is 79.8 Å². The van der Waals surface area contributed by atoms with Gasteiger partial charge in [0, 0.05) is 18.6 Å². The van der Waals surface area contributed by atoms with Crippen molar-refractivity contribution < 1.29 is 20.4 Å². The van der Waals surface area contributed by atoms with E-state index in [1.54, 1.807) is 20.8 Å². The van der Waals surface area contributed by atoms with Gasteiger partial charge in [-0.05, 0) is 12.8 Å². The molecule has 0 aromatic carbocycles. The predicted octanol–water partition coefficient (Wildman–Crippen LogP) is 0.0944. The quantitative estimate of drug-likeness (QED) is 0.379. The van der Waals surface area contributed by atoms with E-state index in [1.165, 1.54) is 0 Å². The average Bonchev–Trinajstić information content (AvgIpc) is 2.00. The number of hydrogen-bond donors (Lipinski definition) is 4. The minimum Gasteiger partial charge on any atom is -0.396 e. The highest BCUT2D eigenvalue weighted by Crippen LogP contribution is 2.15. The summed E-state index contributed by atoms with van der Waals surface area (Å²) in [7, 11) is 0. The summed E-state index contributed by atoms with van der Waals surface area (Å²) in [5, 5.41) is 33.1. The summed E-state index contributed by atoms with van der Waals surface area (Å²) < 4.78 is 0. The molecule has 0 unspecified atom stereocenters. The lowest BCUT2D eigenvalue weighted by molar-refractivity contribution is -0.113. The minimum atomic E-state index is -1.20. The molecule has 4 heteroatoms. The number of hydrogen-bond acceptors (Lipinski definition) is 4. The molecule has 0 aliphatic carbocycles. The number of unbranched alkanes of at least 4 members (excludes halogenated alkanes) is 1. The van der Waals surface area contributed by atoms with E-state index in [9.17, 15) is 0 Å². The summed E-state index contributed by atoms with van der Waals surface area (Å²) in [6, 6.07) is 0. The molecule has 0 saturated heterocycles. The molecule has 0 aromatic rings. The van der Waals surface area contributed by atoms with Gasteiger partial charge in [-0.2, -0.15) is 0 Å². The van der Waals surface area contributed by atoms with Crippen LogP contribution >= 0.6 is 0 Å². The van der Waals surface area contributed by atoms with Gasteiger partial charge in [0.05, 0.1) is 0 Å². The third-order valence-corrected chi connectivity index (χ3v) is 1.34. The monoisotopic (exact) mass is 194 g/mol. The minimum absolute atomic E-state index is 0.195. The van der Waals surface area contributed by atoms with Crippen LogP contribution in [0.1, 0.15) is 33.6 Å². The molecule has 13 heavy (non-hydrogen) atoms. The van der Waals surface area contributed by atoms with Gasteiger partial charge in [0.2, 0.25) is 0 Å². The second kappa shape index (κ2) is 8.44. The molecule has 0 amide bonds. The summed E-state index contributed by atoms with van der Waals surface area (Å²) in [5.74, 6) is 0. The van der Waals surface area contributed by atoms with Gasteiger partial charge in [0.1, 0.15) is 0 Å². The SMILES string of the molecule is CC(C)(C)C(O)O.OCCCCO.